The molecule has 1 fully saturated rings. The second kappa shape index (κ2) is 6.53. The van der Waals surface area contributed by atoms with Crippen LogP contribution in [0.25, 0.3) is 0 Å². The fraction of sp³-hybridized carbons (Fsp3) is 1.00. The Morgan fingerprint density at radius 1 is 1.57 bits per heavy atom. The van der Waals surface area contributed by atoms with Crippen LogP contribution in [-0.2, 0) is 15.5 Å². The normalized spacial score (nSPS) is 27.1. The molecule has 1 aliphatic heterocycles. The number of rotatable bonds is 5. The van der Waals surface area contributed by atoms with Crippen molar-refractivity contribution in [2.75, 3.05) is 18.1 Å². The van der Waals surface area contributed by atoms with Crippen molar-refractivity contribution >= 4 is 10.8 Å². The molecule has 0 bridgehead atoms. The van der Waals surface area contributed by atoms with E-state index in [1.165, 1.54) is 6.42 Å². The van der Waals surface area contributed by atoms with Crippen LogP contribution in [0.4, 0.5) is 0 Å². The van der Waals surface area contributed by atoms with E-state index in [1.807, 2.05) is 6.92 Å². The average molecular weight is 219 g/mol. The SMILES string of the molecule is CCC(N)CS(=O)CC1CCCCO1. The van der Waals surface area contributed by atoms with Gasteiger partial charge in [-0.3, -0.25) is 4.21 Å². The van der Waals surface area contributed by atoms with Crippen molar-refractivity contribution in [1.29, 1.82) is 0 Å². The van der Waals surface area contributed by atoms with Crippen LogP contribution < -0.4 is 5.73 Å². The van der Waals surface area contributed by atoms with E-state index in [-0.39, 0.29) is 12.1 Å². The second-order valence-electron chi connectivity index (χ2n) is 3.93. The van der Waals surface area contributed by atoms with Crippen LogP contribution in [0, 0.1) is 0 Å². The van der Waals surface area contributed by atoms with Crippen LogP contribution in [0.5, 0.6) is 0 Å². The molecule has 1 rings (SSSR count). The monoisotopic (exact) mass is 219 g/mol. The molecule has 0 amide bonds. The summed E-state index contributed by atoms with van der Waals surface area (Å²) in [4.78, 5) is 0. The molecule has 3 nitrogen and oxygen atoms in total. The Morgan fingerprint density at radius 2 is 2.36 bits per heavy atom. The predicted molar refractivity (Wildman–Crippen MR) is 59.7 cm³/mol. The minimum atomic E-state index is -0.798. The van der Waals surface area contributed by atoms with Gasteiger partial charge in [0.2, 0.25) is 0 Å². The Balaban J connectivity index is 2.18. The Labute approximate surface area is 88.8 Å². The summed E-state index contributed by atoms with van der Waals surface area (Å²) in [7, 11) is -0.798. The zero-order valence-electron chi connectivity index (χ0n) is 8.91. The van der Waals surface area contributed by atoms with Gasteiger partial charge < -0.3 is 10.5 Å². The predicted octanol–water partition coefficient (Wildman–Crippen LogP) is 1.04. The molecule has 84 valence electrons. The van der Waals surface area contributed by atoms with E-state index in [0.717, 1.165) is 25.9 Å². The van der Waals surface area contributed by atoms with Gasteiger partial charge in [-0.05, 0) is 25.7 Å². The quantitative estimate of drug-likeness (QED) is 0.751. The lowest BCUT2D eigenvalue weighted by Crippen LogP contribution is -2.31. The first kappa shape index (κ1) is 12.1. The van der Waals surface area contributed by atoms with Crippen LogP contribution in [0.1, 0.15) is 32.6 Å². The van der Waals surface area contributed by atoms with Gasteiger partial charge in [-0.1, -0.05) is 6.92 Å². The van der Waals surface area contributed by atoms with Crippen LogP contribution in [0.15, 0.2) is 0 Å². The number of ether oxygens (including phenoxy) is 1. The third-order valence-corrected chi connectivity index (χ3v) is 4.11. The molecule has 0 spiro atoms. The Morgan fingerprint density at radius 3 is 2.93 bits per heavy atom. The van der Waals surface area contributed by atoms with E-state index in [0.29, 0.717) is 11.5 Å². The minimum absolute atomic E-state index is 0.0828. The summed E-state index contributed by atoms with van der Waals surface area (Å²) in [6.07, 6.45) is 4.54. The molecule has 1 saturated heterocycles. The highest BCUT2D eigenvalue weighted by atomic mass is 32.2. The van der Waals surface area contributed by atoms with E-state index >= 15 is 0 Å². The maximum atomic E-state index is 11.6. The van der Waals surface area contributed by atoms with Crippen molar-refractivity contribution in [2.24, 2.45) is 5.73 Å². The number of hydrogen-bond acceptors (Lipinski definition) is 3. The first-order valence-corrected chi connectivity index (χ1v) is 6.93. The molecular formula is C10H21NO2S. The molecule has 0 aromatic rings. The molecule has 3 unspecified atom stereocenters. The third kappa shape index (κ3) is 4.53. The lowest BCUT2D eigenvalue weighted by molar-refractivity contribution is 0.0310. The number of nitrogens with two attached hydrogens (primary N) is 1. The van der Waals surface area contributed by atoms with Crippen LogP contribution in [-0.4, -0.2) is 34.5 Å². The van der Waals surface area contributed by atoms with E-state index in [2.05, 4.69) is 0 Å². The first-order valence-electron chi connectivity index (χ1n) is 5.44. The molecular weight excluding hydrogens is 198 g/mol. The summed E-state index contributed by atoms with van der Waals surface area (Å²) in [6.45, 7) is 2.86. The van der Waals surface area contributed by atoms with E-state index in [1.54, 1.807) is 0 Å². The maximum Gasteiger partial charge on any atom is 0.0690 e. The molecule has 14 heavy (non-hydrogen) atoms. The molecule has 3 atom stereocenters. The van der Waals surface area contributed by atoms with Gasteiger partial charge in [-0.15, -0.1) is 0 Å². The molecule has 1 aliphatic rings. The molecule has 2 N–H and O–H groups in total. The highest BCUT2D eigenvalue weighted by Crippen LogP contribution is 2.13. The standard InChI is InChI=1S/C10H21NO2S/c1-2-9(11)7-14(12)8-10-5-3-4-6-13-10/h9-10H,2-8,11H2,1H3. The van der Waals surface area contributed by atoms with E-state index in [9.17, 15) is 4.21 Å². The van der Waals surface area contributed by atoms with Crippen molar-refractivity contribution in [3.8, 4) is 0 Å². The molecule has 0 aromatic heterocycles. The van der Waals surface area contributed by atoms with Crippen LogP contribution in [0.3, 0.4) is 0 Å². The Kier molecular flexibility index (Phi) is 5.67. The summed E-state index contributed by atoms with van der Waals surface area (Å²) < 4.78 is 17.2. The van der Waals surface area contributed by atoms with Gasteiger partial charge in [0.1, 0.15) is 0 Å². The highest BCUT2D eigenvalue weighted by molar-refractivity contribution is 7.85. The topological polar surface area (TPSA) is 52.3 Å². The van der Waals surface area contributed by atoms with E-state index in [4.69, 9.17) is 10.5 Å². The van der Waals surface area contributed by atoms with Gasteiger partial charge in [0.25, 0.3) is 0 Å². The number of hydrogen-bond donors (Lipinski definition) is 1. The zero-order valence-corrected chi connectivity index (χ0v) is 9.72. The van der Waals surface area contributed by atoms with Crippen molar-refractivity contribution in [2.45, 2.75) is 44.8 Å². The lowest BCUT2D eigenvalue weighted by Gasteiger charge is -2.22. The highest BCUT2D eigenvalue weighted by Gasteiger charge is 2.17. The van der Waals surface area contributed by atoms with Gasteiger partial charge in [0.15, 0.2) is 0 Å². The zero-order chi connectivity index (χ0) is 10.4. The lowest BCUT2D eigenvalue weighted by atomic mass is 10.1. The summed E-state index contributed by atoms with van der Waals surface area (Å²) in [6, 6.07) is 0.0828. The molecule has 0 saturated carbocycles. The maximum absolute atomic E-state index is 11.6. The van der Waals surface area contributed by atoms with Crippen molar-refractivity contribution < 1.29 is 8.95 Å². The fourth-order valence-electron chi connectivity index (χ4n) is 1.57. The summed E-state index contributed by atoms with van der Waals surface area (Å²) in [5.41, 5.74) is 5.75. The smallest absolute Gasteiger partial charge is 0.0690 e. The largest absolute Gasteiger partial charge is 0.377 e. The van der Waals surface area contributed by atoms with Gasteiger partial charge in [0, 0.05) is 35.0 Å². The summed E-state index contributed by atoms with van der Waals surface area (Å²) in [5, 5.41) is 0. The third-order valence-electron chi connectivity index (χ3n) is 2.57. The van der Waals surface area contributed by atoms with Crippen molar-refractivity contribution in [1.82, 2.24) is 0 Å². The molecule has 0 aliphatic carbocycles. The van der Waals surface area contributed by atoms with Crippen LogP contribution in [0.2, 0.25) is 0 Å². The summed E-state index contributed by atoms with van der Waals surface area (Å²) >= 11 is 0. The summed E-state index contributed by atoms with van der Waals surface area (Å²) in [5.74, 6) is 1.30. The second-order valence-corrected chi connectivity index (χ2v) is 5.48. The average Bonchev–Trinajstić information content (AvgIpc) is 2.19. The van der Waals surface area contributed by atoms with Crippen molar-refractivity contribution in [3.05, 3.63) is 0 Å². The molecule has 0 aromatic carbocycles. The van der Waals surface area contributed by atoms with Gasteiger partial charge in [-0.2, -0.15) is 0 Å². The minimum Gasteiger partial charge on any atom is -0.377 e. The molecule has 4 heteroatoms. The Bertz CT molecular complexity index is 181. The van der Waals surface area contributed by atoms with Gasteiger partial charge >= 0.3 is 0 Å². The van der Waals surface area contributed by atoms with Crippen molar-refractivity contribution in [3.63, 3.8) is 0 Å². The van der Waals surface area contributed by atoms with Gasteiger partial charge in [-0.25, -0.2) is 0 Å². The van der Waals surface area contributed by atoms with Gasteiger partial charge in [0.05, 0.1) is 6.10 Å². The fourth-order valence-corrected chi connectivity index (χ4v) is 3.10. The molecule has 0 radical (unpaired) electrons. The van der Waals surface area contributed by atoms with Crippen LogP contribution >= 0.6 is 0 Å². The molecule has 1 heterocycles. The Hall–Kier alpha value is 0.0700. The van der Waals surface area contributed by atoms with E-state index < -0.39 is 10.8 Å². The first-order chi connectivity index (χ1) is 6.72.